The topological polar surface area (TPSA) is 78.0 Å². The third-order valence-corrected chi connectivity index (χ3v) is 5.09. The van der Waals surface area contributed by atoms with Gasteiger partial charge in [-0.3, -0.25) is 0 Å². The predicted octanol–water partition coefficient (Wildman–Crippen LogP) is 3.41. The zero-order valence-electron chi connectivity index (χ0n) is 13.0. The predicted molar refractivity (Wildman–Crippen MR) is 86.3 cm³/mol. The van der Waals surface area contributed by atoms with E-state index in [9.17, 15) is 17.2 Å². The number of benzene rings is 1. The highest BCUT2D eigenvalue weighted by molar-refractivity contribution is 7.89. The van der Waals surface area contributed by atoms with Crippen molar-refractivity contribution in [3.63, 3.8) is 0 Å². The van der Waals surface area contributed by atoms with Crippen LogP contribution in [0.15, 0.2) is 40.8 Å². The van der Waals surface area contributed by atoms with Gasteiger partial charge in [-0.05, 0) is 62.1 Å². The monoisotopic (exact) mass is 353 g/mol. The number of allylic oxidation sites excluding steroid dienone is 2. The van der Waals surface area contributed by atoms with Crippen molar-refractivity contribution >= 4 is 15.6 Å². The molecule has 2 aromatic rings. The van der Waals surface area contributed by atoms with Crippen molar-refractivity contribution in [2.45, 2.75) is 37.5 Å². The molecular formula is C16H17F2N3O2S. The molecule has 8 heteroatoms. The van der Waals surface area contributed by atoms with Gasteiger partial charge in [0.15, 0.2) is 0 Å². The van der Waals surface area contributed by atoms with E-state index in [-0.39, 0.29) is 10.6 Å². The minimum absolute atomic E-state index is 0.0368. The smallest absolute Gasteiger partial charge is 0.233 e. The highest BCUT2D eigenvalue weighted by Gasteiger charge is 2.22. The van der Waals surface area contributed by atoms with Crippen LogP contribution in [0.2, 0.25) is 0 Å². The summed E-state index contributed by atoms with van der Waals surface area (Å²) in [4.78, 5) is -0.0368. The number of sulfonamides is 1. The van der Waals surface area contributed by atoms with Gasteiger partial charge in [0.25, 0.3) is 6.43 Å². The molecule has 0 saturated heterocycles. The summed E-state index contributed by atoms with van der Waals surface area (Å²) in [6.07, 6.45) is 0.0708. The summed E-state index contributed by atoms with van der Waals surface area (Å²) < 4.78 is 50.3. The van der Waals surface area contributed by atoms with Crippen LogP contribution in [0.3, 0.4) is 0 Å². The summed E-state index contributed by atoms with van der Waals surface area (Å²) in [6.45, 7) is 1.99. The number of alkyl halides is 2. The quantitative estimate of drug-likeness (QED) is 0.915. The molecule has 24 heavy (non-hydrogen) atoms. The van der Waals surface area contributed by atoms with E-state index in [4.69, 9.17) is 5.14 Å². The maximum absolute atomic E-state index is 13.1. The summed E-state index contributed by atoms with van der Waals surface area (Å²) in [7, 11) is -3.80. The van der Waals surface area contributed by atoms with Crippen LogP contribution in [0.4, 0.5) is 8.78 Å². The molecule has 0 fully saturated rings. The second-order valence-electron chi connectivity index (χ2n) is 5.82. The molecule has 3 rings (SSSR count). The van der Waals surface area contributed by atoms with Crippen molar-refractivity contribution in [2.75, 3.05) is 0 Å². The molecule has 128 valence electrons. The third kappa shape index (κ3) is 3.11. The van der Waals surface area contributed by atoms with Crippen LogP contribution < -0.4 is 5.14 Å². The normalized spacial score (nSPS) is 15.5. The van der Waals surface area contributed by atoms with Gasteiger partial charge in [0.2, 0.25) is 10.0 Å². The second kappa shape index (κ2) is 6.10. The zero-order valence-corrected chi connectivity index (χ0v) is 13.9. The number of halogens is 2. The van der Waals surface area contributed by atoms with Gasteiger partial charge in [0.05, 0.1) is 16.3 Å². The van der Waals surface area contributed by atoms with Crippen molar-refractivity contribution in [3.8, 4) is 5.69 Å². The molecule has 1 aromatic carbocycles. The molecule has 1 aliphatic carbocycles. The lowest BCUT2D eigenvalue weighted by Crippen LogP contribution is -2.12. The number of nitrogens with two attached hydrogens (primary N) is 1. The molecule has 2 N–H and O–H groups in total. The van der Waals surface area contributed by atoms with E-state index in [1.807, 2.05) is 6.92 Å². The van der Waals surface area contributed by atoms with E-state index in [0.717, 1.165) is 30.4 Å². The Morgan fingerprint density at radius 2 is 1.88 bits per heavy atom. The van der Waals surface area contributed by atoms with E-state index in [0.29, 0.717) is 11.4 Å². The van der Waals surface area contributed by atoms with Crippen molar-refractivity contribution in [1.82, 2.24) is 9.78 Å². The Kier molecular flexibility index (Phi) is 4.27. The molecule has 1 aromatic heterocycles. The average Bonchev–Trinajstić information content (AvgIpc) is 3.12. The van der Waals surface area contributed by atoms with Crippen molar-refractivity contribution in [2.24, 2.45) is 5.14 Å². The summed E-state index contributed by atoms with van der Waals surface area (Å²) in [5.41, 5.74) is 3.02. The summed E-state index contributed by atoms with van der Waals surface area (Å²) in [5.74, 6) is 0. The maximum atomic E-state index is 13.1. The largest absolute Gasteiger partial charge is 0.282 e. The Balaban J connectivity index is 2.11. The molecule has 0 aliphatic heterocycles. The Labute approximate surface area is 138 Å². The first-order valence-electron chi connectivity index (χ1n) is 7.47. The maximum Gasteiger partial charge on any atom is 0.282 e. The van der Waals surface area contributed by atoms with Gasteiger partial charge in [0.1, 0.15) is 5.69 Å². The summed E-state index contributed by atoms with van der Waals surface area (Å²) >= 11 is 0. The van der Waals surface area contributed by atoms with Crippen LogP contribution in [-0.2, 0) is 10.0 Å². The van der Waals surface area contributed by atoms with Gasteiger partial charge in [-0.2, -0.15) is 5.10 Å². The Hall–Kier alpha value is -2.06. The highest BCUT2D eigenvalue weighted by Crippen LogP contribution is 2.36. The standard InChI is InChI=1S/C16H17F2N3O2S/c1-10-3-2-4-13(10)15-9-14(16(17)18)20-21(15)11-5-7-12(8-6-11)24(19,22)23/h5-9,16H,2-4H2,1H3,(H2,19,22,23). The number of aromatic nitrogens is 2. The lowest BCUT2D eigenvalue weighted by atomic mass is 10.1. The molecule has 0 amide bonds. The van der Waals surface area contributed by atoms with Gasteiger partial charge in [-0.15, -0.1) is 0 Å². The van der Waals surface area contributed by atoms with Crippen LogP contribution in [-0.4, -0.2) is 18.2 Å². The highest BCUT2D eigenvalue weighted by atomic mass is 32.2. The number of hydrogen-bond acceptors (Lipinski definition) is 3. The van der Waals surface area contributed by atoms with Crippen molar-refractivity contribution < 1.29 is 17.2 Å². The van der Waals surface area contributed by atoms with Crippen LogP contribution >= 0.6 is 0 Å². The van der Waals surface area contributed by atoms with Gasteiger partial charge in [-0.25, -0.2) is 27.0 Å². The molecule has 0 unspecified atom stereocenters. The summed E-state index contributed by atoms with van der Waals surface area (Å²) in [6, 6.07) is 7.11. The van der Waals surface area contributed by atoms with Gasteiger partial charge in [0, 0.05) is 0 Å². The second-order valence-corrected chi connectivity index (χ2v) is 7.38. The molecule has 0 atom stereocenters. The van der Waals surface area contributed by atoms with E-state index in [1.54, 1.807) is 0 Å². The number of nitrogens with zero attached hydrogens (tertiary/aromatic N) is 2. The molecule has 1 aliphatic rings. The minimum atomic E-state index is -3.80. The lowest BCUT2D eigenvalue weighted by Gasteiger charge is -2.10. The molecular weight excluding hydrogens is 336 g/mol. The zero-order chi connectivity index (χ0) is 17.5. The van der Waals surface area contributed by atoms with Crippen molar-refractivity contribution in [1.29, 1.82) is 0 Å². The first kappa shape index (κ1) is 16.8. The third-order valence-electron chi connectivity index (χ3n) is 4.16. The fraction of sp³-hybridized carbons (Fsp3) is 0.312. The van der Waals surface area contributed by atoms with Gasteiger partial charge >= 0.3 is 0 Å². The number of hydrogen-bond donors (Lipinski definition) is 1. The van der Waals surface area contributed by atoms with E-state index >= 15 is 0 Å². The SMILES string of the molecule is CC1=C(c2cc(C(F)F)nn2-c2ccc(S(N)(=O)=O)cc2)CCC1. The summed E-state index contributed by atoms with van der Waals surface area (Å²) in [5, 5.41) is 9.08. The van der Waals surface area contributed by atoms with E-state index in [2.05, 4.69) is 5.10 Å². The van der Waals surface area contributed by atoms with Crippen molar-refractivity contribution in [3.05, 3.63) is 47.3 Å². The number of rotatable bonds is 4. The molecule has 0 radical (unpaired) electrons. The van der Waals surface area contributed by atoms with Gasteiger partial charge in [-0.1, -0.05) is 5.57 Å². The lowest BCUT2D eigenvalue weighted by molar-refractivity contribution is 0.145. The van der Waals surface area contributed by atoms with Crippen LogP contribution in [0.1, 0.15) is 44.0 Å². The van der Waals surface area contributed by atoms with Crippen LogP contribution in [0.5, 0.6) is 0 Å². The molecule has 5 nitrogen and oxygen atoms in total. The van der Waals surface area contributed by atoms with Crippen LogP contribution in [0.25, 0.3) is 11.3 Å². The minimum Gasteiger partial charge on any atom is -0.233 e. The first-order chi connectivity index (χ1) is 11.3. The number of primary sulfonamides is 1. The molecule has 1 heterocycles. The Morgan fingerprint density at radius 1 is 1.21 bits per heavy atom. The average molecular weight is 353 g/mol. The van der Waals surface area contributed by atoms with E-state index < -0.39 is 16.4 Å². The molecule has 0 saturated carbocycles. The van der Waals surface area contributed by atoms with Gasteiger partial charge < -0.3 is 0 Å². The Morgan fingerprint density at radius 3 is 2.38 bits per heavy atom. The van der Waals surface area contributed by atoms with E-state index in [1.165, 1.54) is 35.0 Å². The fourth-order valence-electron chi connectivity index (χ4n) is 2.94. The molecule has 0 spiro atoms. The van der Waals surface area contributed by atoms with Crippen LogP contribution in [0, 0.1) is 0 Å². The fourth-order valence-corrected chi connectivity index (χ4v) is 3.45. The molecule has 0 bridgehead atoms. The first-order valence-corrected chi connectivity index (χ1v) is 9.02. The Bertz CT molecular complexity index is 900.